The SMILES string of the molecule is CC(C)c1ccccc1NC(=O)[C@H](Cc1ccccc1)NS(=O)(=O)c1ccc(I)cc1. The Bertz CT molecular complexity index is 1130. The molecule has 0 saturated carbocycles. The van der Waals surface area contributed by atoms with Gasteiger partial charge in [-0.25, -0.2) is 8.42 Å². The first-order valence-electron chi connectivity index (χ1n) is 9.98. The lowest BCUT2D eigenvalue weighted by atomic mass is 10.0. The van der Waals surface area contributed by atoms with E-state index in [1.165, 1.54) is 12.1 Å². The Morgan fingerprint density at radius 2 is 1.52 bits per heavy atom. The Hall–Kier alpha value is -2.23. The first-order valence-corrected chi connectivity index (χ1v) is 12.5. The van der Waals surface area contributed by atoms with Crippen LogP contribution in [-0.4, -0.2) is 20.4 Å². The van der Waals surface area contributed by atoms with Gasteiger partial charge in [-0.1, -0.05) is 62.4 Å². The van der Waals surface area contributed by atoms with E-state index in [-0.39, 0.29) is 17.2 Å². The van der Waals surface area contributed by atoms with Gasteiger partial charge in [0.15, 0.2) is 0 Å². The zero-order valence-corrected chi connectivity index (χ0v) is 20.4. The third kappa shape index (κ3) is 6.38. The Morgan fingerprint density at radius 3 is 2.16 bits per heavy atom. The molecule has 0 aliphatic rings. The highest BCUT2D eigenvalue weighted by molar-refractivity contribution is 14.1. The highest BCUT2D eigenvalue weighted by atomic mass is 127. The summed E-state index contributed by atoms with van der Waals surface area (Å²) in [5.74, 6) is -0.182. The first kappa shape index (κ1) is 23.4. The number of carbonyl (C=O) groups excluding carboxylic acids is 1. The van der Waals surface area contributed by atoms with Gasteiger partial charge in [0.2, 0.25) is 15.9 Å². The normalized spacial score (nSPS) is 12.5. The smallest absolute Gasteiger partial charge is 0.242 e. The summed E-state index contributed by atoms with van der Waals surface area (Å²) in [6.07, 6.45) is 0.236. The van der Waals surface area contributed by atoms with Crippen molar-refractivity contribution in [3.63, 3.8) is 0 Å². The molecule has 0 unspecified atom stereocenters. The minimum absolute atomic E-state index is 0.126. The number of amides is 1. The minimum atomic E-state index is -3.87. The van der Waals surface area contributed by atoms with E-state index in [0.717, 1.165) is 14.7 Å². The lowest BCUT2D eigenvalue weighted by molar-refractivity contribution is -0.117. The van der Waals surface area contributed by atoms with Crippen molar-refractivity contribution < 1.29 is 13.2 Å². The van der Waals surface area contributed by atoms with Crippen LogP contribution in [0.15, 0.2) is 83.8 Å². The van der Waals surface area contributed by atoms with Crippen molar-refractivity contribution in [2.75, 3.05) is 5.32 Å². The van der Waals surface area contributed by atoms with Crippen LogP contribution in [0.1, 0.15) is 30.9 Å². The number of hydrogen-bond acceptors (Lipinski definition) is 3. The summed E-state index contributed by atoms with van der Waals surface area (Å²) in [7, 11) is -3.87. The third-order valence-corrected chi connectivity index (χ3v) is 7.07. The van der Waals surface area contributed by atoms with Crippen LogP contribution < -0.4 is 10.0 Å². The molecule has 0 fully saturated rings. The molecule has 2 N–H and O–H groups in total. The number of para-hydroxylation sites is 1. The van der Waals surface area contributed by atoms with Crippen LogP contribution in [0, 0.1) is 3.57 Å². The van der Waals surface area contributed by atoms with Gasteiger partial charge in [-0.3, -0.25) is 4.79 Å². The first-order chi connectivity index (χ1) is 14.8. The van der Waals surface area contributed by atoms with Crippen molar-refractivity contribution in [3.8, 4) is 0 Å². The second kappa shape index (κ2) is 10.4. The zero-order valence-electron chi connectivity index (χ0n) is 17.4. The highest BCUT2D eigenvalue weighted by Crippen LogP contribution is 2.24. The van der Waals surface area contributed by atoms with Gasteiger partial charge in [-0.15, -0.1) is 0 Å². The summed E-state index contributed by atoms with van der Waals surface area (Å²) in [6, 6.07) is 22.5. The number of rotatable bonds is 8. The van der Waals surface area contributed by atoms with Crippen molar-refractivity contribution in [1.29, 1.82) is 0 Å². The number of halogens is 1. The fourth-order valence-electron chi connectivity index (χ4n) is 3.24. The predicted octanol–water partition coefficient (Wildman–Crippen LogP) is 4.94. The van der Waals surface area contributed by atoms with E-state index < -0.39 is 22.0 Å². The molecule has 5 nitrogen and oxygen atoms in total. The van der Waals surface area contributed by atoms with E-state index in [2.05, 4.69) is 32.6 Å². The maximum absolute atomic E-state index is 13.2. The van der Waals surface area contributed by atoms with E-state index in [1.54, 1.807) is 12.1 Å². The second-order valence-corrected chi connectivity index (χ2v) is 10.5. The minimum Gasteiger partial charge on any atom is -0.324 e. The zero-order chi connectivity index (χ0) is 22.4. The summed E-state index contributed by atoms with van der Waals surface area (Å²) in [5.41, 5.74) is 2.55. The van der Waals surface area contributed by atoms with E-state index in [4.69, 9.17) is 0 Å². The molecule has 1 amide bonds. The summed E-state index contributed by atoms with van der Waals surface area (Å²) < 4.78 is 29.5. The molecule has 0 bridgehead atoms. The third-order valence-electron chi connectivity index (χ3n) is 4.86. The Labute approximate surface area is 197 Å². The molecule has 0 radical (unpaired) electrons. The van der Waals surface area contributed by atoms with Gasteiger partial charge in [0.25, 0.3) is 0 Å². The number of sulfonamides is 1. The van der Waals surface area contributed by atoms with Crippen LogP contribution in [-0.2, 0) is 21.2 Å². The molecule has 7 heteroatoms. The van der Waals surface area contributed by atoms with E-state index in [1.807, 2.05) is 68.4 Å². The fraction of sp³-hybridized carbons (Fsp3) is 0.208. The molecule has 162 valence electrons. The quantitative estimate of drug-likeness (QED) is 0.392. The van der Waals surface area contributed by atoms with Gasteiger partial charge < -0.3 is 5.32 Å². The van der Waals surface area contributed by atoms with Gasteiger partial charge in [-0.05, 0) is 76.4 Å². The Kier molecular flexibility index (Phi) is 7.85. The molecule has 31 heavy (non-hydrogen) atoms. The number of benzene rings is 3. The average molecular weight is 548 g/mol. The van der Waals surface area contributed by atoms with Gasteiger partial charge in [0, 0.05) is 9.26 Å². The van der Waals surface area contributed by atoms with Crippen LogP contribution in [0.25, 0.3) is 0 Å². The maximum Gasteiger partial charge on any atom is 0.242 e. The van der Waals surface area contributed by atoms with E-state index in [0.29, 0.717) is 5.69 Å². The monoisotopic (exact) mass is 548 g/mol. The van der Waals surface area contributed by atoms with Crippen molar-refractivity contribution >= 4 is 44.2 Å². The molecule has 0 heterocycles. The van der Waals surface area contributed by atoms with Gasteiger partial charge >= 0.3 is 0 Å². The summed E-state index contributed by atoms with van der Waals surface area (Å²) in [6.45, 7) is 4.10. The molecular weight excluding hydrogens is 523 g/mol. The standard InChI is InChI=1S/C24H25IN2O3S/c1-17(2)21-10-6-7-11-22(21)26-24(28)23(16-18-8-4-3-5-9-18)27-31(29,30)20-14-12-19(25)13-15-20/h3-15,17,23,27H,16H2,1-2H3,(H,26,28)/t23-/m0/s1. The Balaban J connectivity index is 1.89. The van der Waals surface area contributed by atoms with Crippen LogP contribution >= 0.6 is 22.6 Å². The lowest BCUT2D eigenvalue weighted by Crippen LogP contribution is -2.45. The van der Waals surface area contributed by atoms with Crippen molar-refractivity contribution in [1.82, 2.24) is 4.72 Å². The molecule has 3 rings (SSSR count). The average Bonchev–Trinajstić information content (AvgIpc) is 2.74. The lowest BCUT2D eigenvalue weighted by Gasteiger charge is -2.21. The largest absolute Gasteiger partial charge is 0.324 e. The van der Waals surface area contributed by atoms with Crippen LogP contribution in [0.3, 0.4) is 0 Å². The number of hydrogen-bond donors (Lipinski definition) is 2. The molecular formula is C24H25IN2O3S. The molecule has 0 spiro atoms. The van der Waals surface area contributed by atoms with Gasteiger partial charge in [0.1, 0.15) is 6.04 Å². The van der Waals surface area contributed by atoms with Crippen LogP contribution in [0.4, 0.5) is 5.69 Å². The van der Waals surface area contributed by atoms with Crippen molar-refractivity contribution in [2.45, 2.75) is 37.1 Å². The fourth-order valence-corrected chi connectivity index (χ4v) is 4.80. The van der Waals surface area contributed by atoms with Crippen LogP contribution in [0.5, 0.6) is 0 Å². The molecule has 1 atom stereocenters. The molecule has 3 aromatic carbocycles. The van der Waals surface area contributed by atoms with Crippen molar-refractivity contribution in [3.05, 3.63) is 93.6 Å². The predicted molar refractivity (Wildman–Crippen MR) is 133 cm³/mol. The molecule has 3 aromatic rings. The molecule has 0 aliphatic heterocycles. The molecule has 0 saturated heterocycles. The second-order valence-electron chi connectivity index (χ2n) is 7.55. The van der Waals surface area contributed by atoms with Gasteiger partial charge in [-0.2, -0.15) is 4.72 Å². The summed E-state index contributed by atoms with van der Waals surface area (Å²) in [4.78, 5) is 13.3. The maximum atomic E-state index is 13.2. The summed E-state index contributed by atoms with van der Waals surface area (Å²) >= 11 is 2.12. The molecule has 0 aliphatic carbocycles. The Morgan fingerprint density at radius 1 is 0.903 bits per heavy atom. The van der Waals surface area contributed by atoms with E-state index >= 15 is 0 Å². The van der Waals surface area contributed by atoms with E-state index in [9.17, 15) is 13.2 Å². The van der Waals surface area contributed by atoms with Gasteiger partial charge in [0.05, 0.1) is 4.90 Å². The number of anilines is 1. The number of carbonyl (C=O) groups is 1. The number of nitrogens with one attached hydrogen (secondary N) is 2. The summed E-state index contributed by atoms with van der Waals surface area (Å²) in [5, 5.41) is 2.93. The van der Waals surface area contributed by atoms with Crippen LogP contribution in [0.2, 0.25) is 0 Å². The topological polar surface area (TPSA) is 75.3 Å². The highest BCUT2D eigenvalue weighted by Gasteiger charge is 2.27. The molecule has 0 aromatic heterocycles. The van der Waals surface area contributed by atoms with Crippen molar-refractivity contribution in [2.24, 2.45) is 0 Å².